The van der Waals surface area contributed by atoms with E-state index in [-0.39, 0.29) is 11.3 Å². The fourth-order valence-electron chi connectivity index (χ4n) is 3.66. The zero-order valence-electron chi connectivity index (χ0n) is 15.9. The highest BCUT2D eigenvalue weighted by Gasteiger charge is 2.46. The SMILES string of the molecule is Cc1ccc(C2C(C(=O)c3cc4ccccc4o3)=C(O)C(=O)N2c2nccs2)cc1. The molecule has 0 spiro atoms. The molecule has 1 atom stereocenters. The normalized spacial score (nSPS) is 16.6. The van der Waals surface area contributed by atoms with Crippen molar-refractivity contribution in [3.8, 4) is 0 Å². The molecule has 1 N–H and O–H groups in total. The van der Waals surface area contributed by atoms with Gasteiger partial charge in [-0.1, -0.05) is 48.0 Å². The van der Waals surface area contributed by atoms with Crippen molar-refractivity contribution in [2.45, 2.75) is 13.0 Å². The summed E-state index contributed by atoms with van der Waals surface area (Å²) in [5, 5.41) is 13.6. The number of benzene rings is 2. The highest BCUT2D eigenvalue weighted by Crippen LogP contribution is 2.42. The number of carbonyl (C=O) groups excluding carboxylic acids is 2. The average Bonchev–Trinajstić information content (AvgIpc) is 3.47. The van der Waals surface area contributed by atoms with Gasteiger partial charge in [0.1, 0.15) is 5.58 Å². The number of thiazole rings is 1. The Morgan fingerprint density at radius 3 is 2.63 bits per heavy atom. The van der Waals surface area contributed by atoms with Gasteiger partial charge in [-0.15, -0.1) is 11.3 Å². The molecule has 0 saturated heterocycles. The van der Waals surface area contributed by atoms with Crippen molar-refractivity contribution in [2.75, 3.05) is 4.90 Å². The Hall–Kier alpha value is -3.71. The van der Waals surface area contributed by atoms with E-state index in [0.717, 1.165) is 10.9 Å². The number of amides is 1. The number of Topliss-reactive ketones (excluding diaryl/α,β-unsaturated/α-hetero) is 1. The number of para-hydroxylation sites is 1. The van der Waals surface area contributed by atoms with Crippen molar-refractivity contribution in [1.29, 1.82) is 0 Å². The number of rotatable bonds is 4. The summed E-state index contributed by atoms with van der Waals surface area (Å²) >= 11 is 1.26. The fraction of sp³-hybridized carbons (Fsp3) is 0.0870. The molecule has 148 valence electrons. The summed E-state index contributed by atoms with van der Waals surface area (Å²) in [7, 11) is 0. The average molecular weight is 416 g/mol. The predicted octanol–water partition coefficient (Wildman–Crippen LogP) is 4.98. The topological polar surface area (TPSA) is 83.6 Å². The van der Waals surface area contributed by atoms with E-state index in [4.69, 9.17) is 4.42 Å². The van der Waals surface area contributed by atoms with Crippen LogP contribution in [0.4, 0.5) is 5.13 Å². The minimum atomic E-state index is -0.801. The van der Waals surface area contributed by atoms with Crippen molar-refractivity contribution >= 4 is 39.1 Å². The lowest BCUT2D eigenvalue weighted by Crippen LogP contribution is -2.30. The Morgan fingerprint density at radius 1 is 1.17 bits per heavy atom. The third-order valence-electron chi connectivity index (χ3n) is 5.12. The first-order valence-electron chi connectivity index (χ1n) is 9.30. The summed E-state index contributed by atoms with van der Waals surface area (Å²) < 4.78 is 5.72. The first kappa shape index (κ1) is 18.3. The van der Waals surface area contributed by atoms with Crippen molar-refractivity contribution in [3.05, 3.63) is 94.4 Å². The van der Waals surface area contributed by atoms with Crippen LogP contribution in [0.25, 0.3) is 11.0 Å². The summed E-state index contributed by atoms with van der Waals surface area (Å²) in [6, 6.07) is 15.6. The van der Waals surface area contributed by atoms with E-state index >= 15 is 0 Å². The van der Waals surface area contributed by atoms with Crippen molar-refractivity contribution < 1.29 is 19.1 Å². The first-order valence-corrected chi connectivity index (χ1v) is 10.2. The molecule has 0 aliphatic carbocycles. The Balaban J connectivity index is 1.66. The van der Waals surface area contributed by atoms with Crippen LogP contribution in [0.2, 0.25) is 0 Å². The summed E-state index contributed by atoms with van der Waals surface area (Å²) in [4.78, 5) is 32.0. The molecule has 2 aromatic carbocycles. The van der Waals surface area contributed by atoms with Gasteiger partial charge in [0.25, 0.3) is 5.91 Å². The van der Waals surface area contributed by atoms with Gasteiger partial charge < -0.3 is 9.52 Å². The number of nitrogens with zero attached hydrogens (tertiary/aromatic N) is 2. The summed E-state index contributed by atoms with van der Waals surface area (Å²) in [5.74, 6) is -1.69. The molecule has 7 heteroatoms. The molecule has 0 fully saturated rings. The first-order chi connectivity index (χ1) is 14.5. The second-order valence-electron chi connectivity index (χ2n) is 7.04. The largest absolute Gasteiger partial charge is 0.503 e. The van der Waals surface area contributed by atoms with Crippen molar-refractivity contribution in [2.24, 2.45) is 0 Å². The molecule has 1 amide bonds. The Labute approximate surface area is 175 Å². The number of furan rings is 1. The molecule has 0 bridgehead atoms. The fourth-order valence-corrected chi connectivity index (χ4v) is 4.33. The Morgan fingerprint density at radius 2 is 1.93 bits per heavy atom. The predicted molar refractivity (Wildman–Crippen MR) is 114 cm³/mol. The van der Waals surface area contributed by atoms with Gasteiger partial charge in [-0.3, -0.25) is 14.5 Å². The van der Waals surface area contributed by atoms with Gasteiger partial charge in [-0.25, -0.2) is 4.98 Å². The lowest BCUT2D eigenvalue weighted by Gasteiger charge is -2.24. The monoisotopic (exact) mass is 416 g/mol. The molecule has 3 heterocycles. The number of fused-ring (bicyclic) bond motifs is 1. The summed E-state index contributed by atoms with van der Waals surface area (Å²) in [6.07, 6.45) is 1.58. The lowest BCUT2D eigenvalue weighted by atomic mass is 9.94. The van der Waals surface area contributed by atoms with Crippen LogP contribution in [-0.4, -0.2) is 21.8 Å². The van der Waals surface area contributed by atoms with Crippen LogP contribution < -0.4 is 4.90 Å². The third kappa shape index (κ3) is 2.83. The maximum Gasteiger partial charge on any atom is 0.296 e. The quantitative estimate of drug-likeness (QED) is 0.474. The molecule has 5 rings (SSSR count). The van der Waals surface area contributed by atoms with E-state index in [9.17, 15) is 14.7 Å². The molecule has 2 aromatic heterocycles. The maximum atomic E-state index is 13.4. The van der Waals surface area contributed by atoms with Crippen molar-refractivity contribution in [3.63, 3.8) is 0 Å². The Bertz CT molecular complexity index is 1270. The molecule has 0 saturated carbocycles. The van der Waals surface area contributed by atoms with Crippen LogP contribution >= 0.6 is 11.3 Å². The van der Waals surface area contributed by atoms with E-state index in [1.807, 2.05) is 49.4 Å². The minimum absolute atomic E-state index is 0.0156. The van der Waals surface area contributed by atoms with E-state index in [1.54, 1.807) is 23.7 Å². The molecule has 4 aromatic rings. The van der Waals surface area contributed by atoms with Crippen LogP contribution in [0.1, 0.15) is 27.7 Å². The van der Waals surface area contributed by atoms with Crippen LogP contribution in [0.5, 0.6) is 0 Å². The summed E-state index contributed by atoms with van der Waals surface area (Å²) in [6.45, 7) is 1.95. The van der Waals surface area contributed by atoms with Gasteiger partial charge in [-0.05, 0) is 24.6 Å². The van der Waals surface area contributed by atoms with Crippen LogP contribution in [0.3, 0.4) is 0 Å². The lowest BCUT2D eigenvalue weighted by molar-refractivity contribution is -0.117. The van der Waals surface area contributed by atoms with E-state index in [2.05, 4.69) is 4.98 Å². The van der Waals surface area contributed by atoms with E-state index in [1.165, 1.54) is 16.2 Å². The number of aromatic nitrogens is 1. The summed E-state index contributed by atoms with van der Waals surface area (Å²) in [5.41, 5.74) is 2.29. The second-order valence-corrected chi connectivity index (χ2v) is 7.92. The van der Waals surface area contributed by atoms with Gasteiger partial charge in [0.15, 0.2) is 16.7 Å². The third-order valence-corrected chi connectivity index (χ3v) is 5.89. The number of aliphatic hydroxyl groups is 1. The molecule has 1 aliphatic rings. The number of hydrogen-bond acceptors (Lipinski definition) is 6. The zero-order chi connectivity index (χ0) is 20.8. The second kappa shape index (κ2) is 6.96. The molecule has 6 nitrogen and oxygen atoms in total. The standard InChI is InChI=1S/C23H16N2O4S/c1-13-6-8-14(9-7-13)19-18(21(27)22(28)25(19)23-24-10-11-30-23)20(26)17-12-15-4-2-3-5-16(15)29-17/h2-12,19,27H,1H3. The van der Waals surface area contributed by atoms with Crippen LogP contribution in [0, 0.1) is 6.92 Å². The van der Waals surface area contributed by atoms with Gasteiger partial charge >= 0.3 is 0 Å². The van der Waals surface area contributed by atoms with Gasteiger partial charge in [0.05, 0.1) is 11.6 Å². The number of aryl methyl sites for hydroxylation is 1. The van der Waals surface area contributed by atoms with E-state index in [0.29, 0.717) is 16.3 Å². The zero-order valence-corrected chi connectivity index (χ0v) is 16.7. The van der Waals surface area contributed by atoms with Crippen molar-refractivity contribution in [1.82, 2.24) is 4.98 Å². The van der Waals surface area contributed by atoms with Gasteiger partial charge in [0.2, 0.25) is 5.78 Å². The molecular weight excluding hydrogens is 400 g/mol. The van der Waals surface area contributed by atoms with Gasteiger partial charge in [-0.2, -0.15) is 0 Å². The number of hydrogen-bond donors (Lipinski definition) is 1. The minimum Gasteiger partial charge on any atom is -0.503 e. The smallest absolute Gasteiger partial charge is 0.296 e. The molecule has 30 heavy (non-hydrogen) atoms. The highest BCUT2D eigenvalue weighted by atomic mass is 32.1. The van der Waals surface area contributed by atoms with E-state index < -0.39 is 23.5 Å². The number of anilines is 1. The Kier molecular flexibility index (Phi) is 4.25. The highest BCUT2D eigenvalue weighted by molar-refractivity contribution is 7.13. The molecule has 1 aliphatic heterocycles. The molecule has 0 radical (unpaired) electrons. The maximum absolute atomic E-state index is 13.4. The molecular formula is C23H16N2O4S. The molecule has 1 unspecified atom stereocenters. The number of aliphatic hydroxyl groups excluding tert-OH is 1. The van der Waals surface area contributed by atoms with Crippen LogP contribution in [0.15, 0.2) is 81.9 Å². The number of ketones is 1. The van der Waals surface area contributed by atoms with Crippen LogP contribution in [-0.2, 0) is 4.79 Å². The van der Waals surface area contributed by atoms with Gasteiger partial charge in [0, 0.05) is 17.0 Å². The number of carbonyl (C=O) groups is 2.